The van der Waals surface area contributed by atoms with Gasteiger partial charge in [0.2, 0.25) is 5.82 Å². The van der Waals surface area contributed by atoms with Gasteiger partial charge in [0.1, 0.15) is 5.82 Å². The summed E-state index contributed by atoms with van der Waals surface area (Å²) in [6.45, 7) is 7.09. The number of aryl methyl sites for hydroxylation is 1. The molecule has 1 saturated carbocycles. The maximum absolute atomic E-state index is 13.0. The average Bonchev–Trinajstić information content (AvgIpc) is 2.83. The van der Waals surface area contributed by atoms with Gasteiger partial charge in [-0.3, -0.25) is 4.79 Å². The van der Waals surface area contributed by atoms with Gasteiger partial charge in [-0.15, -0.1) is 0 Å². The molecule has 6 N–H and O–H groups in total. The molecule has 2 fully saturated rings. The van der Waals surface area contributed by atoms with Gasteiger partial charge in [-0.1, -0.05) is 30.9 Å². The minimum Gasteiger partial charge on any atom is -0.370 e. The fourth-order valence-electron chi connectivity index (χ4n) is 5.31. The van der Waals surface area contributed by atoms with Crippen LogP contribution in [0.15, 0.2) is 23.2 Å². The zero-order chi connectivity index (χ0) is 24.8. The Bertz CT molecular complexity index is 1050. The van der Waals surface area contributed by atoms with Crippen molar-refractivity contribution in [2.45, 2.75) is 83.3 Å². The van der Waals surface area contributed by atoms with Crippen LogP contribution in [0.2, 0.25) is 0 Å². The zero-order valence-corrected chi connectivity index (χ0v) is 21.1. The number of amides is 1. The molecule has 0 radical (unpaired) electrons. The Balaban J connectivity index is 1.48. The molecule has 4 rings (SSSR count). The molecule has 1 aliphatic heterocycles. The van der Waals surface area contributed by atoms with Crippen molar-refractivity contribution in [3.8, 4) is 0 Å². The fourth-order valence-corrected chi connectivity index (χ4v) is 5.31. The Morgan fingerprint density at radius 3 is 2.74 bits per heavy atom. The number of nitrogens with two attached hydrogens (primary N) is 2. The number of hydrogen-bond donors (Lipinski definition) is 4. The molecule has 3 unspecified atom stereocenters. The first kappa shape index (κ1) is 25.2. The van der Waals surface area contributed by atoms with E-state index in [-0.39, 0.29) is 29.8 Å². The molecule has 0 bridgehead atoms. The first-order valence-electron chi connectivity index (χ1n) is 13.1. The molecule has 2 heterocycles. The van der Waals surface area contributed by atoms with E-state index in [2.05, 4.69) is 43.5 Å². The lowest BCUT2D eigenvalue weighted by molar-refractivity contribution is 0.0939. The van der Waals surface area contributed by atoms with Gasteiger partial charge < -0.3 is 27.0 Å². The number of nitrogens with one attached hydrogen (secondary N) is 2. The van der Waals surface area contributed by atoms with Crippen LogP contribution >= 0.6 is 0 Å². The Morgan fingerprint density at radius 2 is 1.94 bits per heavy atom. The fraction of sp³-hybridized carbons (Fsp3) is 0.615. The molecule has 1 amide bonds. The van der Waals surface area contributed by atoms with E-state index in [4.69, 9.17) is 11.5 Å². The molecule has 35 heavy (non-hydrogen) atoms. The topological polar surface area (TPSA) is 135 Å². The van der Waals surface area contributed by atoms with Gasteiger partial charge in [0.25, 0.3) is 5.91 Å². The first-order chi connectivity index (χ1) is 16.9. The number of piperidine rings is 1. The van der Waals surface area contributed by atoms with Crippen molar-refractivity contribution in [1.82, 2.24) is 20.2 Å². The molecule has 1 aromatic carbocycles. The van der Waals surface area contributed by atoms with Crippen LogP contribution in [0.5, 0.6) is 0 Å². The van der Waals surface area contributed by atoms with E-state index in [0.717, 1.165) is 61.7 Å². The van der Waals surface area contributed by atoms with Crippen molar-refractivity contribution < 1.29 is 4.79 Å². The lowest BCUT2D eigenvalue weighted by atomic mass is 9.90. The van der Waals surface area contributed by atoms with E-state index in [0.29, 0.717) is 18.4 Å². The average molecular weight is 481 g/mol. The summed E-state index contributed by atoms with van der Waals surface area (Å²) >= 11 is 0. The Hall–Kier alpha value is -2.94. The maximum Gasteiger partial charge on any atom is 0.289 e. The third-order valence-corrected chi connectivity index (χ3v) is 7.27. The molecule has 9 heteroatoms. The molecule has 1 aliphatic carbocycles. The van der Waals surface area contributed by atoms with Crippen LogP contribution in [0.4, 0.5) is 5.82 Å². The van der Waals surface area contributed by atoms with Crippen molar-refractivity contribution in [2.24, 2.45) is 16.5 Å². The smallest absolute Gasteiger partial charge is 0.289 e. The summed E-state index contributed by atoms with van der Waals surface area (Å²) in [6.07, 6.45) is 8.80. The molecule has 3 atom stereocenters. The normalized spacial score (nSPS) is 23.1. The summed E-state index contributed by atoms with van der Waals surface area (Å²) in [5, 5.41) is 7.48. The summed E-state index contributed by atoms with van der Waals surface area (Å²) in [4.78, 5) is 29.2. The van der Waals surface area contributed by atoms with Crippen molar-refractivity contribution in [1.29, 1.82) is 0 Å². The quantitative estimate of drug-likeness (QED) is 0.259. The first-order valence-corrected chi connectivity index (χ1v) is 13.1. The van der Waals surface area contributed by atoms with Gasteiger partial charge >= 0.3 is 0 Å². The van der Waals surface area contributed by atoms with Gasteiger partial charge in [0, 0.05) is 24.5 Å². The van der Waals surface area contributed by atoms with Gasteiger partial charge in [-0.05, 0) is 64.6 Å². The minimum atomic E-state index is -0.244. The molecule has 2 aromatic rings. The highest BCUT2D eigenvalue weighted by Gasteiger charge is 2.26. The second-order valence-electron chi connectivity index (χ2n) is 10.1. The largest absolute Gasteiger partial charge is 0.370 e. The highest BCUT2D eigenvalue weighted by atomic mass is 16.2. The number of hydrogen-bond acceptors (Lipinski definition) is 6. The highest BCUT2D eigenvalue weighted by Crippen LogP contribution is 2.28. The number of guanidine groups is 1. The van der Waals surface area contributed by atoms with Crippen LogP contribution in [0.3, 0.4) is 0 Å². The predicted octanol–water partition coefficient (Wildman–Crippen LogP) is 2.93. The lowest BCUT2D eigenvalue weighted by Crippen LogP contribution is -2.39. The van der Waals surface area contributed by atoms with Crippen LogP contribution < -0.4 is 22.1 Å². The molecular weight excluding hydrogens is 440 g/mol. The van der Waals surface area contributed by atoms with Gasteiger partial charge in [-0.25, -0.2) is 15.0 Å². The standard InChI is InChI=1S/C26H40N8O/c1-17-11-12-20-19(16-17)23(31-21-9-3-4-10-22(21)32-26(27)28)33-24(30-20)25(35)29-13-7-15-34-14-6-5-8-18(34)2/h11-12,16,18,21-22H,3-10,13-15H2,1-2H3,(H,29,35)(H4,27,28,32)(H,30,31,33). The van der Waals surface area contributed by atoms with Crippen molar-refractivity contribution in [3.63, 3.8) is 0 Å². The third-order valence-electron chi connectivity index (χ3n) is 7.27. The van der Waals surface area contributed by atoms with Gasteiger partial charge in [0.05, 0.1) is 17.6 Å². The van der Waals surface area contributed by atoms with E-state index >= 15 is 0 Å². The van der Waals surface area contributed by atoms with Crippen molar-refractivity contribution >= 4 is 28.6 Å². The summed E-state index contributed by atoms with van der Waals surface area (Å²) in [7, 11) is 0. The molecule has 1 aromatic heterocycles. The Labute approximate surface area is 208 Å². The van der Waals surface area contributed by atoms with E-state index in [1.54, 1.807) is 0 Å². The number of aromatic nitrogens is 2. The van der Waals surface area contributed by atoms with Crippen LogP contribution in [0.1, 0.15) is 74.5 Å². The molecule has 190 valence electrons. The molecule has 1 saturated heterocycles. The van der Waals surface area contributed by atoms with Gasteiger partial charge in [-0.2, -0.15) is 0 Å². The monoisotopic (exact) mass is 480 g/mol. The predicted molar refractivity (Wildman–Crippen MR) is 142 cm³/mol. The summed E-state index contributed by atoms with van der Waals surface area (Å²) in [5.74, 6) is 0.704. The number of anilines is 1. The second kappa shape index (κ2) is 11.7. The Morgan fingerprint density at radius 1 is 1.14 bits per heavy atom. The number of carbonyl (C=O) groups excluding carboxylic acids is 1. The van der Waals surface area contributed by atoms with Crippen molar-refractivity contribution in [2.75, 3.05) is 25.0 Å². The molecule has 9 nitrogen and oxygen atoms in total. The number of carbonyl (C=O) groups is 1. The number of aliphatic imine (C=N–C) groups is 1. The lowest BCUT2D eigenvalue weighted by Gasteiger charge is -2.33. The van der Waals surface area contributed by atoms with Crippen LogP contribution in [-0.4, -0.2) is 64.5 Å². The highest BCUT2D eigenvalue weighted by molar-refractivity contribution is 5.96. The maximum atomic E-state index is 13.0. The zero-order valence-electron chi connectivity index (χ0n) is 21.1. The SMILES string of the molecule is Cc1ccc2nc(C(=O)NCCCN3CCCCC3C)nc(NC3CCCCC3N=C(N)N)c2c1. The number of nitrogens with zero attached hydrogens (tertiary/aromatic N) is 4. The van der Waals surface area contributed by atoms with Crippen LogP contribution in [0.25, 0.3) is 10.9 Å². The number of rotatable bonds is 8. The third kappa shape index (κ3) is 6.60. The number of fused-ring (bicyclic) bond motifs is 1. The summed E-state index contributed by atoms with van der Waals surface area (Å²) < 4.78 is 0. The molecule has 0 spiro atoms. The summed E-state index contributed by atoms with van der Waals surface area (Å²) in [5.41, 5.74) is 13.2. The number of benzene rings is 1. The molecule has 2 aliphatic rings. The van der Waals surface area contributed by atoms with E-state index < -0.39 is 0 Å². The van der Waals surface area contributed by atoms with Crippen LogP contribution in [-0.2, 0) is 0 Å². The van der Waals surface area contributed by atoms with E-state index in [1.807, 2.05) is 19.1 Å². The second-order valence-corrected chi connectivity index (χ2v) is 10.1. The Kier molecular flexibility index (Phi) is 8.38. The van der Waals surface area contributed by atoms with E-state index in [1.165, 1.54) is 19.3 Å². The van der Waals surface area contributed by atoms with Crippen molar-refractivity contribution in [3.05, 3.63) is 29.6 Å². The minimum absolute atomic E-state index is 0.0157. The van der Waals surface area contributed by atoms with Crippen LogP contribution in [0, 0.1) is 6.92 Å². The van der Waals surface area contributed by atoms with Gasteiger partial charge in [0.15, 0.2) is 5.96 Å². The number of likely N-dealkylation sites (tertiary alicyclic amines) is 1. The molecular formula is C26H40N8O. The summed E-state index contributed by atoms with van der Waals surface area (Å²) in [6, 6.07) is 6.66. The van der Waals surface area contributed by atoms with E-state index in [9.17, 15) is 4.79 Å².